The summed E-state index contributed by atoms with van der Waals surface area (Å²) >= 11 is 0. The van der Waals surface area contributed by atoms with Crippen molar-refractivity contribution in [3.63, 3.8) is 0 Å². The fraction of sp³-hybridized carbons (Fsp3) is 0.500. The summed E-state index contributed by atoms with van der Waals surface area (Å²) in [6.45, 7) is 7.09. The number of hydrogen-bond donors (Lipinski definition) is 3. The highest BCUT2D eigenvalue weighted by atomic mass is 35.5. The van der Waals surface area contributed by atoms with Gasteiger partial charge in [-0.25, -0.2) is 0 Å². The molecule has 4 N–H and O–H groups in total. The molecule has 0 aliphatic carbocycles. The largest absolute Gasteiger partial charge is 0.478 e. The lowest BCUT2D eigenvalue weighted by Crippen LogP contribution is -2.49. The van der Waals surface area contributed by atoms with Gasteiger partial charge >= 0.3 is 0 Å². The minimum absolute atomic E-state index is 0. The van der Waals surface area contributed by atoms with Crippen molar-refractivity contribution in [2.24, 2.45) is 5.73 Å². The monoisotopic (exact) mass is 341 g/mol. The number of nitrogens with one attached hydrogen (secondary N) is 2. The van der Waals surface area contributed by atoms with Crippen molar-refractivity contribution in [3.05, 3.63) is 23.8 Å². The van der Waals surface area contributed by atoms with Crippen LogP contribution in [0, 0.1) is 0 Å². The van der Waals surface area contributed by atoms with Crippen LogP contribution < -0.4 is 21.1 Å². The van der Waals surface area contributed by atoms with Gasteiger partial charge in [-0.3, -0.25) is 9.59 Å². The number of carbonyl (C=O) groups is 2. The Bertz CT molecular complexity index is 599. The quantitative estimate of drug-likeness (QED) is 0.782. The Morgan fingerprint density at radius 2 is 2.13 bits per heavy atom. The molecular formula is C16H24ClN3O3. The van der Waals surface area contributed by atoms with Crippen molar-refractivity contribution in [2.45, 2.75) is 51.8 Å². The van der Waals surface area contributed by atoms with E-state index in [1.165, 1.54) is 0 Å². The maximum Gasteiger partial charge on any atom is 0.265 e. The Morgan fingerprint density at radius 1 is 1.48 bits per heavy atom. The number of benzene rings is 1. The first-order valence-electron chi connectivity index (χ1n) is 7.43. The molecule has 23 heavy (non-hydrogen) atoms. The molecule has 2 rings (SSSR count). The van der Waals surface area contributed by atoms with Crippen LogP contribution in [0.2, 0.25) is 0 Å². The summed E-state index contributed by atoms with van der Waals surface area (Å²) < 4.78 is 5.71. The van der Waals surface area contributed by atoms with Crippen molar-refractivity contribution < 1.29 is 14.3 Å². The van der Waals surface area contributed by atoms with Gasteiger partial charge < -0.3 is 21.1 Å². The van der Waals surface area contributed by atoms with E-state index in [0.29, 0.717) is 17.9 Å². The molecule has 0 bridgehead atoms. The molecule has 1 heterocycles. The zero-order valence-electron chi connectivity index (χ0n) is 13.8. The van der Waals surface area contributed by atoms with Crippen LogP contribution >= 0.6 is 12.4 Å². The summed E-state index contributed by atoms with van der Waals surface area (Å²) in [5.74, 6) is 0.268. The summed E-state index contributed by atoms with van der Waals surface area (Å²) in [4.78, 5) is 23.7. The van der Waals surface area contributed by atoms with Crippen molar-refractivity contribution in [1.29, 1.82) is 0 Å². The van der Waals surface area contributed by atoms with Crippen LogP contribution in [-0.4, -0.2) is 23.5 Å². The van der Waals surface area contributed by atoms with E-state index in [2.05, 4.69) is 10.6 Å². The molecule has 1 aromatic rings. The van der Waals surface area contributed by atoms with Crippen molar-refractivity contribution in [3.8, 4) is 5.75 Å². The van der Waals surface area contributed by atoms with Gasteiger partial charge in [0.15, 0.2) is 6.10 Å². The maximum absolute atomic E-state index is 12.0. The van der Waals surface area contributed by atoms with Crippen LogP contribution in [0.4, 0.5) is 5.69 Å². The molecule has 1 aromatic carbocycles. The molecule has 2 atom stereocenters. The molecule has 0 saturated carbocycles. The minimum Gasteiger partial charge on any atom is -0.478 e. The number of carbonyl (C=O) groups excluding carboxylic acids is 2. The Morgan fingerprint density at radius 3 is 2.70 bits per heavy atom. The number of ether oxygens (including phenoxy) is 1. The number of nitrogens with two attached hydrogens (primary N) is 1. The fourth-order valence-electron chi connectivity index (χ4n) is 2.16. The third-order valence-corrected chi connectivity index (χ3v) is 3.63. The lowest BCUT2D eigenvalue weighted by atomic mass is 10.0. The molecule has 2 unspecified atom stereocenters. The molecule has 2 amide bonds. The van der Waals surface area contributed by atoms with E-state index in [-0.39, 0.29) is 30.3 Å². The number of anilines is 1. The third-order valence-electron chi connectivity index (χ3n) is 3.63. The van der Waals surface area contributed by atoms with Gasteiger partial charge in [0.2, 0.25) is 5.91 Å². The van der Waals surface area contributed by atoms with Crippen LogP contribution in [0.3, 0.4) is 0 Å². The SMILES string of the molecule is CCC1Oc2cc(C(C)NC(=O)C(C)(C)N)ccc2NC1=O.Cl. The zero-order chi connectivity index (χ0) is 16.5. The van der Waals surface area contributed by atoms with Crippen LogP contribution in [0.25, 0.3) is 0 Å². The second-order valence-electron chi connectivity index (χ2n) is 6.18. The van der Waals surface area contributed by atoms with E-state index < -0.39 is 11.6 Å². The standard InChI is InChI=1S/C16H23N3O3.ClH/c1-5-12-14(20)19-11-7-6-10(8-13(11)22-12)9(2)18-15(21)16(3,4)17;/h6-9,12H,5,17H2,1-4H3,(H,18,21)(H,19,20);1H. The van der Waals surface area contributed by atoms with Crippen molar-refractivity contribution in [1.82, 2.24) is 5.32 Å². The van der Waals surface area contributed by atoms with E-state index >= 15 is 0 Å². The van der Waals surface area contributed by atoms with Crippen LogP contribution in [0.15, 0.2) is 18.2 Å². The van der Waals surface area contributed by atoms with Gasteiger partial charge in [0.05, 0.1) is 17.3 Å². The second kappa shape index (κ2) is 7.19. The van der Waals surface area contributed by atoms with Gasteiger partial charge in [-0.2, -0.15) is 0 Å². The number of amides is 2. The summed E-state index contributed by atoms with van der Waals surface area (Å²) in [5, 5.41) is 5.69. The van der Waals surface area contributed by atoms with E-state index in [1.807, 2.05) is 26.0 Å². The first-order chi connectivity index (χ1) is 10.2. The summed E-state index contributed by atoms with van der Waals surface area (Å²) in [5.41, 5.74) is 6.39. The molecule has 0 fully saturated rings. The van der Waals surface area contributed by atoms with Crippen molar-refractivity contribution >= 4 is 29.9 Å². The average molecular weight is 342 g/mol. The zero-order valence-corrected chi connectivity index (χ0v) is 14.6. The fourth-order valence-corrected chi connectivity index (χ4v) is 2.16. The normalized spacial score (nSPS) is 18.0. The summed E-state index contributed by atoms with van der Waals surface area (Å²) in [6.07, 6.45) is 0.124. The highest BCUT2D eigenvalue weighted by Gasteiger charge is 2.27. The average Bonchev–Trinajstić information content (AvgIpc) is 2.44. The third kappa shape index (κ3) is 4.36. The highest BCUT2D eigenvalue weighted by molar-refractivity contribution is 5.97. The first kappa shape index (κ1) is 19.3. The summed E-state index contributed by atoms with van der Waals surface area (Å²) in [6, 6.07) is 5.27. The molecular weight excluding hydrogens is 318 g/mol. The van der Waals surface area contributed by atoms with E-state index in [0.717, 1.165) is 5.56 Å². The second-order valence-corrected chi connectivity index (χ2v) is 6.18. The lowest BCUT2D eigenvalue weighted by Gasteiger charge is -2.27. The van der Waals surface area contributed by atoms with Gasteiger partial charge in [0.25, 0.3) is 5.91 Å². The Balaban J connectivity index is 0.00000264. The summed E-state index contributed by atoms with van der Waals surface area (Å²) in [7, 11) is 0. The minimum atomic E-state index is -0.930. The molecule has 0 saturated heterocycles. The molecule has 0 spiro atoms. The van der Waals surface area contributed by atoms with Gasteiger partial charge in [-0.1, -0.05) is 13.0 Å². The smallest absolute Gasteiger partial charge is 0.265 e. The Labute approximate surface area is 142 Å². The predicted molar refractivity (Wildman–Crippen MR) is 91.9 cm³/mol. The molecule has 7 heteroatoms. The first-order valence-corrected chi connectivity index (χ1v) is 7.43. The highest BCUT2D eigenvalue weighted by Crippen LogP contribution is 2.33. The number of hydrogen-bond acceptors (Lipinski definition) is 4. The topological polar surface area (TPSA) is 93.4 Å². The van der Waals surface area contributed by atoms with Gasteiger partial charge in [0, 0.05) is 0 Å². The predicted octanol–water partition coefficient (Wildman–Crippen LogP) is 2.13. The van der Waals surface area contributed by atoms with E-state index in [1.54, 1.807) is 19.9 Å². The van der Waals surface area contributed by atoms with Crippen molar-refractivity contribution in [2.75, 3.05) is 5.32 Å². The lowest BCUT2D eigenvalue weighted by molar-refractivity contribution is -0.126. The number of fused-ring (bicyclic) bond motifs is 1. The maximum atomic E-state index is 12.0. The molecule has 128 valence electrons. The molecule has 0 aromatic heterocycles. The molecule has 0 radical (unpaired) electrons. The van der Waals surface area contributed by atoms with E-state index in [9.17, 15) is 9.59 Å². The van der Waals surface area contributed by atoms with E-state index in [4.69, 9.17) is 10.5 Å². The number of halogens is 1. The Kier molecular flexibility index (Phi) is 6.02. The van der Waals surface area contributed by atoms with Crippen LogP contribution in [-0.2, 0) is 9.59 Å². The van der Waals surface area contributed by atoms with Gasteiger partial charge in [-0.05, 0) is 44.9 Å². The number of rotatable bonds is 4. The van der Waals surface area contributed by atoms with Crippen LogP contribution in [0.5, 0.6) is 5.75 Å². The molecule has 6 nitrogen and oxygen atoms in total. The Hall–Kier alpha value is -1.79. The van der Waals surface area contributed by atoms with Gasteiger partial charge in [0.1, 0.15) is 5.75 Å². The molecule has 1 aliphatic rings. The molecule has 1 aliphatic heterocycles. The van der Waals surface area contributed by atoms with Gasteiger partial charge in [-0.15, -0.1) is 12.4 Å². The van der Waals surface area contributed by atoms with Crippen LogP contribution in [0.1, 0.15) is 45.7 Å².